The van der Waals surface area contributed by atoms with E-state index in [2.05, 4.69) is 20.3 Å². The van der Waals surface area contributed by atoms with E-state index in [0.29, 0.717) is 5.56 Å². The summed E-state index contributed by atoms with van der Waals surface area (Å²) in [5.74, 6) is -0.266. The van der Waals surface area contributed by atoms with Crippen LogP contribution in [0.25, 0.3) is 10.4 Å². The number of aliphatic hydroxyl groups is 1. The molecule has 1 aromatic carbocycles. The van der Waals surface area contributed by atoms with Crippen LogP contribution in [0.3, 0.4) is 0 Å². The van der Waals surface area contributed by atoms with Crippen molar-refractivity contribution in [3.63, 3.8) is 0 Å². The highest BCUT2D eigenvalue weighted by molar-refractivity contribution is 6.03. The van der Waals surface area contributed by atoms with Gasteiger partial charge in [-0.15, -0.1) is 0 Å². The minimum Gasteiger partial charge on any atom is -0.394 e. The fourth-order valence-corrected chi connectivity index (χ4v) is 2.84. The van der Waals surface area contributed by atoms with Crippen LogP contribution < -0.4 is 11.0 Å². The Morgan fingerprint density at radius 1 is 1.43 bits per heavy atom. The molecule has 2 N–H and O–H groups in total. The molecule has 0 bridgehead atoms. The minimum atomic E-state index is -0.702. The van der Waals surface area contributed by atoms with Crippen LogP contribution in [-0.4, -0.2) is 46.1 Å². The van der Waals surface area contributed by atoms with Gasteiger partial charge in [-0.3, -0.25) is 9.36 Å². The molecule has 0 radical (unpaired) electrons. The summed E-state index contributed by atoms with van der Waals surface area (Å²) in [5.41, 5.74) is 8.13. The van der Waals surface area contributed by atoms with E-state index in [1.807, 2.05) is 0 Å². The van der Waals surface area contributed by atoms with Gasteiger partial charge in [-0.1, -0.05) is 23.3 Å². The van der Waals surface area contributed by atoms with E-state index in [1.165, 1.54) is 16.8 Å². The lowest BCUT2D eigenvalue weighted by Crippen LogP contribution is -2.29. The Morgan fingerprint density at radius 3 is 2.89 bits per heavy atom. The summed E-state index contributed by atoms with van der Waals surface area (Å²) >= 11 is 0. The van der Waals surface area contributed by atoms with Crippen molar-refractivity contribution in [2.45, 2.75) is 24.9 Å². The summed E-state index contributed by atoms with van der Waals surface area (Å²) in [4.78, 5) is 31.0. The van der Waals surface area contributed by atoms with Crippen molar-refractivity contribution in [3.05, 3.63) is 69.1 Å². The standard InChI is InChI=1S/C17H18N6O5/c18-22-19-10-27-12-8-15(28-13(12)9-24)23-7-6-14(21-17(23)26)20-16(25)11-4-2-1-3-5-11/h1-7,12-13,15,24H,8-10H2,(H,20,21,25,26)/t12-,13-,15-/m0/s1. The van der Waals surface area contributed by atoms with Gasteiger partial charge in [0.15, 0.2) is 0 Å². The lowest BCUT2D eigenvalue weighted by atomic mass is 10.2. The molecule has 0 spiro atoms. The molecule has 0 unspecified atom stereocenters. The smallest absolute Gasteiger partial charge is 0.351 e. The molecule has 2 heterocycles. The first kappa shape index (κ1) is 19.5. The zero-order valence-electron chi connectivity index (χ0n) is 14.7. The Labute approximate surface area is 159 Å². The van der Waals surface area contributed by atoms with E-state index < -0.39 is 24.1 Å². The van der Waals surface area contributed by atoms with Gasteiger partial charge < -0.3 is 19.9 Å². The van der Waals surface area contributed by atoms with Crippen LogP contribution in [0.1, 0.15) is 23.0 Å². The lowest BCUT2D eigenvalue weighted by molar-refractivity contribution is -0.0612. The van der Waals surface area contributed by atoms with Crippen LogP contribution in [0.2, 0.25) is 0 Å². The maximum atomic E-state index is 12.4. The molecule has 28 heavy (non-hydrogen) atoms. The summed E-state index contributed by atoms with van der Waals surface area (Å²) in [5, 5.41) is 15.3. The van der Waals surface area contributed by atoms with Crippen molar-refractivity contribution in [1.29, 1.82) is 0 Å². The Kier molecular flexibility index (Phi) is 6.35. The highest BCUT2D eigenvalue weighted by atomic mass is 16.6. The Bertz CT molecular complexity index is 927. The van der Waals surface area contributed by atoms with Crippen LogP contribution in [0.4, 0.5) is 5.82 Å². The second-order valence-corrected chi connectivity index (χ2v) is 5.94. The number of carbonyl (C=O) groups excluding carboxylic acids is 1. The maximum Gasteiger partial charge on any atom is 0.351 e. The average Bonchev–Trinajstić information content (AvgIpc) is 3.12. The highest BCUT2D eigenvalue weighted by Gasteiger charge is 2.37. The highest BCUT2D eigenvalue weighted by Crippen LogP contribution is 2.29. The number of hydrogen-bond donors (Lipinski definition) is 2. The number of azide groups is 1. The number of aliphatic hydroxyl groups excluding tert-OH is 1. The molecule has 0 saturated carbocycles. The van der Waals surface area contributed by atoms with Gasteiger partial charge in [-0.2, -0.15) is 4.98 Å². The third-order valence-corrected chi connectivity index (χ3v) is 4.19. The number of rotatable bonds is 7. The summed E-state index contributed by atoms with van der Waals surface area (Å²) in [6.07, 6.45) is -0.186. The van der Waals surface area contributed by atoms with Gasteiger partial charge in [-0.25, -0.2) is 4.79 Å². The summed E-state index contributed by atoms with van der Waals surface area (Å²) in [6, 6.07) is 10.0. The molecule has 1 aliphatic heterocycles. The molecule has 1 saturated heterocycles. The fourth-order valence-electron chi connectivity index (χ4n) is 2.84. The molecule has 11 heteroatoms. The molecule has 1 amide bonds. The van der Waals surface area contributed by atoms with E-state index >= 15 is 0 Å². The number of amides is 1. The van der Waals surface area contributed by atoms with E-state index in [4.69, 9.17) is 15.0 Å². The Balaban J connectivity index is 1.69. The molecule has 1 aromatic heterocycles. The SMILES string of the molecule is [N-]=[N+]=NCO[C@H]1C[C@@H](n2ccc(NC(=O)c3ccccc3)nc2=O)O[C@H]1CO. The van der Waals surface area contributed by atoms with Crippen LogP contribution in [0.15, 0.2) is 52.5 Å². The van der Waals surface area contributed by atoms with Gasteiger partial charge in [0, 0.05) is 23.1 Å². The zero-order chi connectivity index (χ0) is 19.9. The molecular weight excluding hydrogens is 368 g/mol. The Morgan fingerprint density at radius 2 is 2.21 bits per heavy atom. The summed E-state index contributed by atoms with van der Waals surface area (Å²) in [7, 11) is 0. The number of benzene rings is 1. The van der Waals surface area contributed by atoms with Crippen LogP contribution >= 0.6 is 0 Å². The molecule has 11 nitrogen and oxygen atoms in total. The van der Waals surface area contributed by atoms with Crippen LogP contribution in [-0.2, 0) is 9.47 Å². The number of carbonyl (C=O) groups is 1. The number of nitrogens with zero attached hydrogens (tertiary/aromatic N) is 5. The molecule has 1 fully saturated rings. The molecule has 3 rings (SSSR count). The summed E-state index contributed by atoms with van der Waals surface area (Å²) < 4.78 is 12.3. The van der Waals surface area contributed by atoms with E-state index in [-0.39, 0.29) is 31.5 Å². The van der Waals surface area contributed by atoms with Crippen molar-refractivity contribution in [2.75, 3.05) is 18.7 Å². The number of ether oxygens (including phenoxy) is 2. The van der Waals surface area contributed by atoms with Gasteiger partial charge in [0.25, 0.3) is 5.91 Å². The molecule has 2 aromatic rings. The predicted octanol–water partition coefficient (Wildman–Crippen LogP) is 1.43. The van der Waals surface area contributed by atoms with E-state index in [0.717, 1.165) is 0 Å². The minimum absolute atomic E-state index is 0.114. The van der Waals surface area contributed by atoms with Gasteiger partial charge in [0.05, 0.1) is 12.7 Å². The molecule has 3 atom stereocenters. The van der Waals surface area contributed by atoms with Gasteiger partial charge in [0.2, 0.25) is 0 Å². The van der Waals surface area contributed by atoms with E-state index in [9.17, 15) is 14.7 Å². The lowest BCUT2D eigenvalue weighted by Gasteiger charge is -2.15. The van der Waals surface area contributed by atoms with Gasteiger partial charge >= 0.3 is 5.69 Å². The number of nitrogens with one attached hydrogen (secondary N) is 1. The average molecular weight is 386 g/mol. The van der Waals surface area contributed by atoms with Crippen molar-refractivity contribution in [1.82, 2.24) is 9.55 Å². The first-order valence-corrected chi connectivity index (χ1v) is 8.46. The number of anilines is 1. The van der Waals surface area contributed by atoms with Crippen LogP contribution in [0.5, 0.6) is 0 Å². The fraction of sp³-hybridized carbons (Fsp3) is 0.353. The van der Waals surface area contributed by atoms with Crippen molar-refractivity contribution < 1.29 is 19.4 Å². The summed E-state index contributed by atoms with van der Waals surface area (Å²) in [6.45, 7) is -0.518. The quantitative estimate of drug-likeness (QED) is 0.417. The first-order chi connectivity index (χ1) is 13.6. The molecular formula is C17H18N6O5. The van der Waals surface area contributed by atoms with Crippen molar-refractivity contribution >= 4 is 11.7 Å². The molecule has 0 aliphatic carbocycles. The largest absolute Gasteiger partial charge is 0.394 e. The first-order valence-electron chi connectivity index (χ1n) is 8.46. The van der Waals surface area contributed by atoms with Crippen molar-refractivity contribution in [3.8, 4) is 0 Å². The van der Waals surface area contributed by atoms with Crippen molar-refractivity contribution in [2.24, 2.45) is 5.11 Å². The molecule has 1 aliphatic rings. The third-order valence-electron chi connectivity index (χ3n) is 4.19. The van der Waals surface area contributed by atoms with Gasteiger partial charge in [-0.05, 0) is 23.7 Å². The van der Waals surface area contributed by atoms with Gasteiger partial charge in [0.1, 0.15) is 24.9 Å². The number of hydrogen-bond acceptors (Lipinski definition) is 7. The maximum absolute atomic E-state index is 12.4. The normalized spacial score (nSPS) is 21.1. The second kappa shape index (κ2) is 9.11. The third kappa shape index (κ3) is 4.53. The van der Waals surface area contributed by atoms with E-state index in [1.54, 1.807) is 30.3 Å². The zero-order valence-corrected chi connectivity index (χ0v) is 14.7. The topological polar surface area (TPSA) is 151 Å². The molecule has 146 valence electrons. The van der Waals surface area contributed by atoms with Crippen LogP contribution in [0, 0.1) is 0 Å². The second-order valence-electron chi connectivity index (χ2n) is 5.94. The monoisotopic (exact) mass is 386 g/mol. The Hall–Kier alpha value is -3.24. The predicted molar refractivity (Wildman–Crippen MR) is 97.4 cm³/mol. The number of aromatic nitrogens is 2.